The minimum atomic E-state index is -0.841. The molecule has 0 spiro atoms. The van der Waals surface area contributed by atoms with E-state index in [0.717, 1.165) is 17.8 Å². The number of aromatic nitrogens is 2. The summed E-state index contributed by atoms with van der Waals surface area (Å²) in [6.07, 6.45) is 0. The Morgan fingerprint density at radius 1 is 1.00 bits per heavy atom. The number of hydrogen-bond donors (Lipinski definition) is 1. The van der Waals surface area contributed by atoms with Crippen LogP contribution in [0.25, 0.3) is 0 Å². The van der Waals surface area contributed by atoms with Gasteiger partial charge in [-0.2, -0.15) is 5.10 Å². The first-order chi connectivity index (χ1) is 12.0. The van der Waals surface area contributed by atoms with E-state index in [1.807, 2.05) is 6.92 Å². The van der Waals surface area contributed by atoms with Crippen molar-refractivity contribution in [1.82, 2.24) is 10.2 Å². The van der Waals surface area contributed by atoms with Crippen LogP contribution in [-0.4, -0.2) is 16.1 Å². The van der Waals surface area contributed by atoms with Crippen molar-refractivity contribution >= 4 is 11.6 Å². The number of nitrogens with one attached hydrogen (secondary N) is 1. The Kier molecular flexibility index (Phi) is 4.65. The molecule has 3 aromatic rings. The molecule has 7 heteroatoms. The fourth-order valence-corrected chi connectivity index (χ4v) is 2.02. The van der Waals surface area contributed by atoms with Gasteiger partial charge in [-0.05, 0) is 49.4 Å². The fraction of sp³-hybridized carbons (Fsp3) is 0.0556. The number of aryl methyl sites for hydroxylation is 1. The zero-order valence-corrected chi connectivity index (χ0v) is 13.2. The lowest BCUT2D eigenvalue weighted by Gasteiger charge is -2.08. The van der Waals surface area contributed by atoms with E-state index < -0.39 is 17.5 Å². The molecular weight excluding hydrogens is 328 g/mol. The van der Waals surface area contributed by atoms with Crippen LogP contribution in [0.2, 0.25) is 0 Å². The number of ether oxygens (including phenoxy) is 1. The molecule has 3 rings (SSSR count). The molecule has 2 aromatic carbocycles. The normalized spacial score (nSPS) is 10.4. The average molecular weight is 341 g/mol. The predicted molar refractivity (Wildman–Crippen MR) is 87.6 cm³/mol. The van der Waals surface area contributed by atoms with E-state index in [0.29, 0.717) is 23.3 Å². The summed E-state index contributed by atoms with van der Waals surface area (Å²) < 4.78 is 32.0. The number of carbonyl (C=O) groups excluding carboxylic acids is 1. The Labute approximate surface area is 142 Å². The Morgan fingerprint density at radius 3 is 2.40 bits per heavy atom. The SMILES string of the molecule is Cc1ccc(Oc2ccc(C(=O)Nc3ccc(F)cc3F)cc2)nn1. The molecule has 1 heterocycles. The Hall–Kier alpha value is -3.35. The first-order valence-corrected chi connectivity index (χ1v) is 7.36. The summed E-state index contributed by atoms with van der Waals surface area (Å²) in [4.78, 5) is 12.1. The molecule has 0 saturated heterocycles. The third-order valence-electron chi connectivity index (χ3n) is 3.29. The van der Waals surface area contributed by atoms with Gasteiger partial charge in [-0.1, -0.05) is 0 Å². The molecule has 0 aliphatic heterocycles. The highest BCUT2D eigenvalue weighted by Gasteiger charge is 2.10. The predicted octanol–water partition coefficient (Wildman–Crippen LogP) is 4.11. The number of anilines is 1. The van der Waals surface area contributed by atoms with E-state index in [1.54, 1.807) is 24.3 Å². The molecule has 0 unspecified atom stereocenters. The number of nitrogens with zero attached hydrogens (tertiary/aromatic N) is 2. The highest BCUT2D eigenvalue weighted by atomic mass is 19.1. The molecule has 25 heavy (non-hydrogen) atoms. The van der Waals surface area contributed by atoms with Crippen molar-refractivity contribution in [3.8, 4) is 11.6 Å². The molecule has 0 aliphatic rings. The monoisotopic (exact) mass is 341 g/mol. The van der Waals surface area contributed by atoms with Crippen LogP contribution in [0.3, 0.4) is 0 Å². The van der Waals surface area contributed by atoms with Crippen LogP contribution in [-0.2, 0) is 0 Å². The standard InChI is InChI=1S/C18H13F2N3O2/c1-11-2-9-17(23-22-11)25-14-6-3-12(4-7-14)18(24)21-16-8-5-13(19)10-15(16)20/h2-10H,1H3,(H,21,24). The van der Waals surface area contributed by atoms with Crippen molar-refractivity contribution < 1.29 is 18.3 Å². The molecule has 1 amide bonds. The van der Waals surface area contributed by atoms with Crippen molar-refractivity contribution in [3.63, 3.8) is 0 Å². The van der Waals surface area contributed by atoms with Gasteiger partial charge < -0.3 is 10.1 Å². The maximum Gasteiger partial charge on any atom is 0.255 e. The molecule has 0 bridgehead atoms. The summed E-state index contributed by atoms with van der Waals surface area (Å²) >= 11 is 0. The molecule has 0 saturated carbocycles. The highest BCUT2D eigenvalue weighted by Crippen LogP contribution is 2.20. The summed E-state index contributed by atoms with van der Waals surface area (Å²) in [5, 5.41) is 10.1. The molecule has 0 radical (unpaired) electrons. The second kappa shape index (κ2) is 7.04. The third kappa shape index (κ3) is 4.14. The molecule has 0 atom stereocenters. The number of amides is 1. The minimum Gasteiger partial charge on any atom is -0.438 e. The number of benzene rings is 2. The van der Waals surface area contributed by atoms with Gasteiger partial charge in [-0.15, -0.1) is 5.10 Å². The van der Waals surface area contributed by atoms with E-state index in [4.69, 9.17) is 4.74 Å². The Balaban J connectivity index is 1.68. The van der Waals surface area contributed by atoms with Crippen molar-refractivity contribution in [2.45, 2.75) is 6.92 Å². The molecule has 1 N–H and O–H groups in total. The van der Waals surface area contributed by atoms with Gasteiger partial charge in [0.05, 0.1) is 11.4 Å². The summed E-state index contributed by atoms with van der Waals surface area (Å²) in [5.74, 6) is -1.27. The molecule has 1 aromatic heterocycles. The van der Waals surface area contributed by atoms with Crippen LogP contribution >= 0.6 is 0 Å². The van der Waals surface area contributed by atoms with Crippen LogP contribution in [0.5, 0.6) is 11.6 Å². The van der Waals surface area contributed by atoms with Crippen LogP contribution in [0.15, 0.2) is 54.6 Å². The van der Waals surface area contributed by atoms with E-state index in [9.17, 15) is 13.6 Å². The molecular formula is C18H13F2N3O2. The number of rotatable bonds is 4. The van der Waals surface area contributed by atoms with E-state index in [-0.39, 0.29) is 5.69 Å². The molecule has 126 valence electrons. The quantitative estimate of drug-likeness (QED) is 0.776. The summed E-state index contributed by atoms with van der Waals surface area (Å²) in [5.41, 5.74) is 0.972. The van der Waals surface area contributed by atoms with Crippen molar-refractivity contribution in [1.29, 1.82) is 0 Å². The first kappa shape index (κ1) is 16.5. The van der Waals surface area contributed by atoms with Gasteiger partial charge in [0.2, 0.25) is 5.88 Å². The van der Waals surface area contributed by atoms with Crippen LogP contribution in [0.1, 0.15) is 16.1 Å². The van der Waals surface area contributed by atoms with Crippen LogP contribution in [0, 0.1) is 18.6 Å². The highest BCUT2D eigenvalue weighted by molar-refractivity contribution is 6.04. The molecule has 0 aliphatic carbocycles. The van der Waals surface area contributed by atoms with Gasteiger partial charge in [0, 0.05) is 17.7 Å². The smallest absolute Gasteiger partial charge is 0.255 e. The van der Waals surface area contributed by atoms with E-state index in [2.05, 4.69) is 15.5 Å². The zero-order chi connectivity index (χ0) is 17.8. The number of carbonyl (C=O) groups is 1. The van der Waals surface area contributed by atoms with E-state index >= 15 is 0 Å². The number of hydrogen-bond acceptors (Lipinski definition) is 4. The maximum atomic E-state index is 13.6. The lowest BCUT2D eigenvalue weighted by molar-refractivity contribution is 0.102. The molecule has 5 nitrogen and oxygen atoms in total. The summed E-state index contributed by atoms with van der Waals surface area (Å²) in [7, 11) is 0. The largest absolute Gasteiger partial charge is 0.438 e. The second-order valence-corrected chi connectivity index (χ2v) is 5.22. The average Bonchev–Trinajstić information content (AvgIpc) is 2.60. The minimum absolute atomic E-state index is 0.0957. The second-order valence-electron chi connectivity index (χ2n) is 5.22. The van der Waals surface area contributed by atoms with Gasteiger partial charge >= 0.3 is 0 Å². The van der Waals surface area contributed by atoms with Gasteiger partial charge in [0.1, 0.15) is 17.4 Å². The van der Waals surface area contributed by atoms with Crippen molar-refractivity contribution in [2.24, 2.45) is 0 Å². The van der Waals surface area contributed by atoms with Gasteiger partial charge in [-0.25, -0.2) is 8.78 Å². The maximum absolute atomic E-state index is 13.6. The topological polar surface area (TPSA) is 64.1 Å². The van der Waals surface area contributed by atoms with Crippen LogP contribution < -0.4 is 10.1 Å². The van der Waals surface area contributed by atoms with Gasteiger partial charge in [0.25, 0.3) is 5.91 Å². The van der Waals surface area contributed by atoms with Crippen molar-refractivity contribution in [2.75, 3.05) is 5.32 Å². The lowest BCUT2D eigenvalue weighted by Crippen LogP contribution is -2.13. The Bertz CT molecular complexity index is 897. The lowest BCUT2D eigenvalue weighted by atomic mass is 10.2. The Morgan fingerprint density at radius 2 is 1.76 bits per heavy atom. The third-order valence-corrected chi connectivity index (χ3v) is 3.29. The zero-order valence-electron chi connectivity index (χ0n) is 13.2. The van der Waals surface area contributed by atoms with Gasteiger partial charge in [-0.3, -0.25) is 4.79 Å². The summed E-state index contributed by atoms with van der Waals surface area (Å²) in [6.45, 7) is 1.81. The van der Waals surface area contributed by atoms with Gasteiger partial charge in [0.15, 0.2) is 0 Å². The van der Waals surface area contributed by atoms with Crippen molar-refractivity contribution in [3.05, 3.63) is 77.5 Å². The first-order valence-electron chi connectivity index (χ1n) is 7.36. The number of halogens is 2. The summed E-state index contributed by atoms with van der Waals surface area (Å²) in [6, 6.07) is 12.6. The molecule has 0 fully saturated rings. The van der Waals surface area contributed by atoms with E-state index in [1.165, 1.54) is 12.1 Å². The fourth-order valence-electron chi connectivity index (χ4n) is 2.02. The van der Waals surface area contributed by atoms with Crippen LogP contribution in [0.4, 0.5) is 14.5 Å².